The molecular weight excluding hydrogens is 302 g/mol. The molecule has 0 aliphatic rings. The van der Waals surface area contributed by atoms with E-state index in [0.717, 1.165) is 0 Å². The second-order valence-corrected chi connectivity index (χ2v) is 4.62. The Morgan fingerprint density at radius 3 is 0.480 bits per heavy atom. The van der Waals surface area contributed by atoms with Crippen LogP contribution >= 0.6 is 0 Å². The first-order valence-corrected chi connectivity index (χ1v) is 10.3. The van der Waals surface area contributed by atoms with E-state index in [2.05, 4.69) is 107 Å². The van der Waals surface area contributed by atoms with E-state index in [1.54, 1.807) is 0 Å². The summed E-state index contributed by atoms with van der Waals surface area (Å²) in [7, 11) is 0. The van der Waals surface area contributed by atoms with Crippen LogP contribution in [0.25, 0.3) is 0 Å². The number of nitrogens with zero attached hydrogens (tertiary/aromatic N) is 1. The van der Waals surface area contributed by atoms with Crippen LogP contribution in [0.1, 0.15) is 101 Å². The third-order valence-corrected chi connectivity index (χ3v) is 2.84. The summed E-state index contributed by atoms with van der Waals surface area (Å²) >= 11 is 0. The Balaban J connectivity index is -0.0000000321. The van der Waals surface area contributed by atoms with Gasteiger partial charge in [-0.2, -0.15) is 0 Å². The monoisotopic (exact) mass is 359 g/mol. The van der Waals surface area contributed by atoms with Gasteiger partial charge in [0, 0.05) is 0 Å². The Hall–Kier alpha value is -0.820. The van der Waals surface area contributed by atoms with Gasteiger partial charge in [-0.3, -0.25) is 0 Å². The van der Waals surface area contributed by atoms with Crippen molar-refractivity contribution in [3.63, 3.8) is 0 Å². The van der Waals surface area contributed by atoms with Crippen molar-refractivity contribution < 1.29 is 0 Å². The smallest absolute Gasteiger partial charge is 0.00474 e. The molecule has 0 fully saturated rings. The van der Waals surface area contributed by atoms with Crippen molar-refractivity contribution in [2.75, 3.05) is 19.6 Å². The Kier molecular flexibility index (Phi) is 161. The summed E-state index contributed by atoms with van der Waals surface area (Å²) in [5.41, 5.74) is 0. The molecule has 1 heteroatoms. The molecule has 158 valence electrons. The highest BCUT2D eigenvalue weighted by molar-refractivity contribution is 4.43. The fourth-order valence-electron chi connectivity index (χ4n) is 0.671. The average molecular weight is 360 g/mol. The van der Waals surface area contributed by atoms with Crippen molar-refractivity contribution in [1.82, 2.24) is 4.90 Å². The molecule has 0 aliphatic carbocycles. The maximum absolute atomic E-state index is 3.00. The molecule has 0 heterocycles. The fourth-order valence-corrected chi connectivity index (χ4v) is 0.671. The molecule has 1 nitrogen and oxygen atoms in total. The molecule has 0 N–H and O–H groups in total. The van der Waals surface area contributed by atoms with Crippen molar-refractivity contribution in [3.05, 3.63) is 39.5 Å². The van der Waals surface area contributed by atoms with Crippen LogP contribution in [-0.4, -0.2) is 24.5 Å². The van der Waals surface area contributed by atoms with E-state index in [-0.39, 0.29) is 0 Å². The molecule has 0 spiro atoms. The number of rotatable bonds is 6. The van der Waals surface area contributed by atoms with Crippen molar-refractivity contribution in [2.45, 2.75) is 101 Å². The molecule has 0 radical (unpaired) electrons. The van der Waals surface area contributed by atoms with Gasteiger partial charge in [-0.1, -0.05) is 101 Å². The van der Waals surface area contributed by atoms with E-state index in [0.29, 0.717) is 0 Å². The van der Waals surface area contributed by atoms with Crippen LogP contribution in [0.2, 0.25) is 0 Å². The van der Waals surface area contributed by atoms with Gasteiger partial charge in [0.25, 0.3) is 0 Å². The molecule has 0 aromatic heterocycles. The molecule has 25 heavy (non-hydrogen) atoms. The molecule has 0 aromatic rings. The first kappa shape index (κ1) is 44.0. The summed E-state index contributed by atoms with van der Waals surface area (Å²) in [4.78, 5) is 2.38. The van der Waals surface area contributed by atoms with Crippen LogP contribution in [0, 0.1) is 0 Å². The van der Waals surface area contributed by atoms with Crippen LogP contribution in [0.5, 0.6) is 0 Å². The number of hydrogen-bond acceptors (Lipinski definition) is 1. The Labute approximate surface area is 165 Å². The zero-order chi connectivity index (χ0) is 21.9. The zero-order valence-corrected chi connectivity index (χ0v) is 20.1. The van der Waals surface area contributed by atoms with Crippen LogP contribution in [0.15, 0.2) is 39.5 Å². The van der Waals surface area contributed by atoms with Crippen LogP contribution in [-0.2, 0) is 0 Å². The normalized spacial score (nSPS) is 6.96. The molecule has 0 bridgehead atoms. The van der Waals surface area contributed by atoms with E-state index < -0.39 is 0 Å². The van der Waals surface area contributed by atoms with Gasteiger partial charge in [0.15, 0.2) is 0 Å². The van der Waals surface area contributed by atoms with Gasteiger partial charge in [-0.25, -0.2) is 0 Å². The van der Waals surface area contributed by atoms with Crippen LogP contribution in [0.4, 0.5) is 0 Å². The molecule has 0 aliphatic heterocycles. The molecule has 0 unspecified atom stereocenters. The van der Waals surface area contributed by atoms with Gasteiger partial charge < -0.3 is 4.90 Å². The standard InChI is InChI=1S/C6H15N.3C4H10.3C2H4/c1-4-7(5-2)6-3;3*1-3-4-2;3*1-2/h4-6H2,1-3H3;3*3-4H2,1-2H3;3*1-2H2. The summed E-state index contributed by atoms with van der Waals surface area (Å²) in [5.74, 6) is 0. The Morgan fingerprint density at radius 1 is 0.360 bits per heavy atom. The quantitative estimate of drug-likeness (QED) is 0.427. The van der Waals surface area contributed by atoms with Gasteiger partial charge in [-0.05, 0) is 19.6 Å². The molecule has 0 atom stereocenters. The minimum Gasteiger partial charge on any atom is -0.304 e. The maximum atomic E-state index is 3.00. The van der Waals surface area contributed by atoms with Gasteiger partial charge in [0.05, 0.1) is 0 Å². The fraction of sp³-hybridized carbons (Fsp3) is 0.750. The first-order chi connectivity index (χ1) is 12.1. The van der Waals surface area contributed by atoms with Crippen molar-refractivity contribution in [2.24, 2.45) is 0 Å². The summed E-state index contributed by atoms with van der Waals surface area (Å²) in [5, 5.41) is 0. The van der Waals surface area contributed by atoms with E-state index in [4.69, 9.17) is 0 Å². The van der Waals surface area contributed by atoms with Gasteiger partial charge in [0.1, 0.15) is 0 Å². The minimum atomic E-state index is 1.19. The number of unbranched alkanes of at least 4 members (excludes halogenated alkanes) is 3. The lowest BCUT2D eigenvalue weighted by Gasteiger charge is -2.13. The highest BCUT2D eigenvalue weighted by atomic mass is 15.1. The second kappa shape index (κ2) is 91.2. The molecule has 0 aromatic carbocycles. The van der Waals surface area contributed by atoms with Gasteiger partial charge in [-0.15, -0.1) is 39.5 Å². The van der Waals surface area contributed by atoms with E-state index in [9.17, 15) is 0 Å². The SMILES string of the molecule is C=C.C=C.C=C.CCCC.CCCC.CCCC.CCN(CC)CC. The Bertz CT molecular complexity index is 93.5. The summed E-state index contributed by atoms with van der Waals surface area (Å²) in [6, 6.07) is 0. The zero-order valence-electron chi connectivity index (χ0n) is 20.1. The van der Waals surface area contributed by atoms with E-state index in [1.165, 1.54) is 58.2 Å². The minimum absolute atomic E-state index is 1.19. The van der Waals surface area contributed by atoms with Crippen molar-refractivity contribution >= 4 is 0 Å². The molecule has 0 saturated heterocycles. The summed E-state index contributed by atoms with van der Waals surface area (Å²) in [6.07, 6.45) is 7.92. The lowest BCUT2D eigenvalue weighted by molar-refractivity contribution is 0.321. The Morgan fingerprint density at radius 2 is 0.480 bits per heavy atom. The first-order valence-electron chi connectivity index (χ1n) is 10.3. The lowest BCUT2D eigenvalue weighted by Crippen LogP contribution is -2.21. The lowest BCUT2D eigenvalue weighted by atomic mass is 10.4. The summed E-state index contributed by atoms with van der Waals surface area (Å²) < 4.78 is 0. The van der Waals surface area contributed by atoms with E-state index in [1.807, 2.05) is 0 Å². The molecule has 0 amide bonds. The van der Waals surface area contributed by atoms with Crippen molar-refractivity contribution in [1.29, 1.82) is 0 Å². The van der Waals surface area contributed by atoms with E-state index >= 15 is 0 Å². The van der Waals surface area contributed by atoms with Crippen LogP contribution < -0.4 is 0 Å². The third-order valence-electron chi connectivity index (χ3n) is 2.84. The average Bonchev–Trinajstić information content (AvgIpc) is 2.74. The van der Waals surface area contributed by atoms with Gasteiger partial charge >= 0.3 is 0 Å². The third kappa shape index (κ3) is 155. The summed E-state index contributed by atoms with van der Waals surface area (Å²) in [6.45, 7) is 41.2. The second-order valence-electron chi connectivity index (χ2n) is 4.62. The molecule has 0 rings (SSSR count). The topological polar surface area (TPSA) is 3.24 Å². The maximum Gasteiger partial charge on any atom is -0.00474 e. The predicted octanol–water partition coefficient (Wildman–Crippen LogP) is 9.17. The number of hydrogen-bond donors (Lipinski definition) is 0. The van der Waals surface area contributed by atoms with Crippen molar-refractivity contribution in [3.8, 4) is 0 Å². The molecule has 0 saturated carbocycles. The van der Waals surface area contributed by atoms with Gasteiger partial charge in [0.2, 0.25) is 0 Å². The highest BCUT2D eigenvalue weighted by Crippen LogP contribution is 1.81. The van der Waals surface area contributed by atoms with Crippen LogP contribution in [0.3, 0.4) is 0 Å². The predicted molar refractivity (Wildman–Crippen MR) is 129 cm³/mol. The highest BCUT2D eigenvalue weighted by Gasteiger charge is 1.89. The largest absolute Gasteiger partial charge is 0.304 e. The molecular formula is C24H57N.